The summed E-state index contributed by atoms with van der Waals surface area (Å²) in [7, 11) is 0. The molecule has 0 aromatic carbocycles. The molecule has 114 valence electrons. The molecule has 0 aliphatic rings. The zero-order valence-corrected chi connectivity index (χ0v) is 13.0. The first-order valence-corrected chi connectivity index (χ1v) is 7.98. The molecule has 1 atom stereocenters. The van der Waals surface area contributed by atoms with Gasteiger partial charge in [0, 0.05) is 17.5 Å². The number of hydrogen-bond acceptors (Lipinski definition) is 5. The Hall–Kier alpha value is -1.66. The Labute approximate surface area is 128 Å². The van der Waals surface area contributed by atoms with E-state index in [9.17, 15) is 9.90 Å². The predicted octanol–water partition coefficient (Wildman–Crippen LogP) is 2.93. The lowest BCUT2D eigenvalue weighted by atomic mass is 9.96. The Balaban J connectivity index is 1.92. The van der Waals surface area contributed by atoms with Gasteiger partial charge in [-0.15, -0.1) is 11.3 Å². The van der Waals surface area contributed by atoms with Crippen molar-refractivity contribution in [2.45, 2.75) is 32.8 Å². The van der Waals surface area contributed by atoms with Gasteiger partial charge in [-0.05, 0) is 12.0 Å². The SMILES string of the molecule is CCC(CC)C(O)CNC(=O)c1csc(-c2ccoc2)n1. The van der Waals surface area contributed by atoms with Crippen molar-refractivity contribution in [1.82, 2.24) is 10.3 Å². The van der Waals surface area contributed by atoms with Gasteiger partial charge >= 0.3 is 0 Å². The summed E-state index contributed by atoms with van der Waals surface area (Å²) in [6.45, 7) is 4.33. The van der Waals surface area contributed by atoms with Crippen molar-refractivity contribution in [3.63, 3.8) is 0 Å². The molecular weight excluding hydrogens is 288 g/mol. The fourth-order valence-electron chi connectivity index (χ4n) is 2.18. The Bertz CT molecular complexity index is 561. The molecule has 2 aromatic heterocycles. The number of thiazole rings is 1. The number of nitrogens with one attached hydrogen (secondary N) is 1. The maximum Gasteiger partial charge on any atom is 0.270 e. The molecule has 0 radical (unpaired) electrons. The molecule has 2 N–H and O–H groups in total. The minimum Gasteiger partial charge on any atom is -0.472 e. The standard InChI is InChI=1S/C15H20N2O3S/c1-3-10(4-2)13(18)7-16-14(19)12-9-21-15(17-12)11-5-6-20-8-11/h5-6,8-10,13,18H,3-4,7H2,1-2H3,(H,16,19). The number of aliphatic hydroxyl groups excluding tert-OH is 1. The van der Waals surface area contributed by atoms with Gasteiger partial charge in [-0.25, -0.2) is 4.98 Å². The number of rotatable bonds is 7. The minimum atomic E-state index is -0.518. The molecular formula is C15H20N2O3S. The van der Waals surface area contributed by atoms with E-state index in [1.807, 2.05) is 13.8 Å². The molecule has 0 aliphatic heterocycles. The first-order chi connectivity index (χ1) is 10.2. The van der Waals surface area contributed by atoms with Crippen LogP contribution in [-0.4, -0.2) is 28.6 Å². The normalized spacial score (nSPS) is 12.6. The van der Waals surface area contributed by atoms with Crippen LogP contribution in [0.15, 0.2) is 28.4 Å². The summed E-state index contributed by atoms with van der Waals surface area (Å²) < 4.78 is 5.00. The van der Waals surface area contributed by atoms with Gasteiger partial charge in [-0.2, -0.15) is 0 Å². The van der Waals surface area contributed by atoms with Gasteiger partial charge < -0.3 is 14.8 Å². The monoisotopic (exact) mass is 308 g/mol. The van der Waals surface area contributed by atoms with Crippen molar-refractivity contribution < 1.29 is 14.3 Å². The van der Waals surface area contributed by atoms with E-state index in [2.05, 4.69) is 10.3 Å². The molecule has 0 saturated heterocycles. The third-order valence-corrected chi connectivity index (χ3v) is 4.46. The number of carbonyl (C=O) groups excluding carboxylic acids is 1. The van der Waals surface area contributed by atoms with Crippen LogP contribution in [0.4, 0.5) is 0 Å². The molecule has 0 aliphatic carbocycles. The highest BCUT2D eigenvalue weighted by Crippen LogP contribution is 2.23. The van der Waals surface area contributed by atoms with Gasteiger partial charge in [0.2, 0.25) is 0 Å². The van der Waals surface area contributed by atoms with Crippen molar-refractivity contribution in [2.75, 3.05) is 6.54 Å². The van der Waals surface area contributed by atoms with E-state index in [0.717, 1.165) is 23.4 Å². The summed E-state index contributed by atoms with van der Waals surface area (Å²) >= 11 is 1.39. The van der Waals surface area contributed by atoms with Crippen molar-refractivity contribution >= 4 is 17.2 Å². The Morgan fingerprint density at radius 1 is 1.48 bits per heavy atom. The highest BCUT2D eigenvalue weighted by atomic mass is 32.1. The summed E-state index contributed by atoms with van der Waals surface area (Å²) in [5, 5.41) is 15.2. The van der Waals surface area contributed by atoms with Gasteiger partial charge in [0.25, 0.3) is 5.91 Å². The largest absolute Gasteiger partial charge is 0.472 e. The maximum atomic E-state index is 12.0. The smallest absolute Gasteiger partial charge is 0.270 e. The number of amides is 1. The van der Waals surface area contributed by atoms with Crippen LogP contribution in [0.25, 0.3) is 10.6 Å². The van der Waals surface area contributed by atoms with E-state index in [0.29, 0.717) is 5.69 Å². The molecule has 0 spiro atoms. The predicted molar refractivity (Wildman–Crippen MR) is 82.2 cm³/mol. The second-order valence-electron chi connectivity index (χ2n) is 4.90. The number of nitrogens with zero attached hydrogens (tertiary/aromatic N) is 1. The second kappa shape index (κ2) is 7.38. The molecule has 2 aromatic rings. The van der Waals surface area contributed by atoms with Gasteiger partial charge in [0.1, 0.15) is 17.0 Å². The van der Waals surface area contributed by atoms with E-state index >= 15 is 0 Å². The number of aliphatic hydroxyl groups is 1. The fourth-order valence-corrected chi connectivity index (χ4v) is 2.97. The van der Waals surface area contributed by atoms with Crippen molar-refractivity contribution in [3.8, 4) is 10.6 Å². The molecule has 0 fully saturated rings. The summed E-state index contributed by atoms with van der Waals surface area (Å²) in [5.74, 6) is -0.0479. The summed E-state index contributed by atoms with van der Waals surface area (Å²) in [6, 6.07) is 1.80. The summed E-state index contributed by atoms with van der Waals surface area (Å²) in [5.41, 5.74) is 1.23. The first-order valence-electron chi connectivity index (χ1n) is 7.10. The average molecular weight is 308 g/mol. The fraction of sp³-hybridized carbons (Fsp3) is 0.467. The number of aromatic nitrogens is 1. The number of furan rings is 1. The Morgan fingerprint density at radius 2 is 2.24 bits per heavy atom. The second-order valence-corrected chi connectivity index (χ2v) is 5.76. The quantitative estimate of drug-likeness (QED) is 0.824. The van der Waals surface area contributed by atoms with E-state index in [4.69, 9.17) is 4.42 Å². The van der Waals surface area contributed by atoms with Crippen LogP contribution in [0.5, 0.6) is 0 Å². The molecule has 0 bridgehead atoms. The molecule has 21 heavy (non-hydrogen) atoms. The molecule has 2 heterocycles. The Kier molecular flexibility index (Phi) is 5.52. The van der Waals surface area contributed by atoms with Crippen LogP contribution in [0.2, 0.25) is 0 Å². The lowest BCUT2D eigenvalue weighted by molar-refractivity contribution is 0.0813. The number of hydrogen-bond donors (Lipinski definition) is 2. The van der Waals surface area contributed by atoms with Crippen LogP contribution in [0, 0.1) is 5.92 Å². The van der Waals surface area contributed by atoms with E-state index < -0.39 is 6.10 Å². The van der Waals surface area contributed by atoms with Crippen molar-refractivity contribution in [2.24, 2.45) is 5.92 Å². The molecule has 1 unspecified atom stereocenters. The third-order valence-electron chi connectivity index (χ3n) is 3.57. The molecule has 0 saturated carbocycles. The lowest BCUT2D eigenvalue weighted by Crippen LogP contribution is -2.36. The molecule has 6 heteroatoms. The van der Waals surface area contributed by atoms with Crippen LogP contribution >= 0.6 is 11.3 Å². The van der Waals surface area contributed by atoms with E-state index in [1.165, 1.54) is 11.3 Å². The average Bonchev–Trinajstić information content (AvgIpc) is 3.16. The zero-order chi connectivity index (χ0) is 15.2. The van der Waals surface area contributed by atoms with E-state index in [1.54, 1.807) is 24.0 Å². The molecule has 1 amide bonds. The minimum absolute atomic E-state index is 0.210. The van der Waals surface area contributed by atoms with Crippen molar-refractivity contribution in [1.29, 1.82) is 0 Å². The third kappa shape index (κ3) is 3.92. The maximum absolute atomic E-state index is 12.0. The number of carbonyl (C=O) groups is 1. The van der Waals surface area contributed by atoms with Crippen LogP contribution in [0.1, 0.15) is 37.2 Å². The van der Waals surface area contributed by atoms with Crippen LogP contribution in [-0.2, 0) is 0 Å². The first kappa shape index (κ1) is 15.7. The van der Waals surface area contributed by atoms with Gasteiger partial charge in [0.05, 0.1) is 12.4 Å². The summed E-state index contributed by atoms with van der Waals surface area (Å²) in [4.78, 5) is 16.3. The van der Waals surface area contributed by atoms with Crippen molar-refractivity contribution in [3.05, 3.63) is 29.7 Å². The van der Waals surface area contributed by atoms with Gasteiger partial charge in [0.15, 0.2) is 0 Å². The van der Waals surface area contributed by atoms with Gasteiger partial charge in [-0.1, -0.05) is 26.7 Å². The highest BCUT2D eigenvalue weighted by molar-refractivity contribution is 7.13. The summed E-state index contributed by atoms with van der Waals surface area (Å²) in [6.07, 6.45) is 4.44. The Morgan fingerprint density at radius 3 is 2.86 bits per heavy atom. The topological polar surface area (TPSA) is 75.4 Å². The highest BCUT2D eigenvalue weighted by Gasteiger charge is 2.18. The zero-order valence-electron chi connectivity index (χ0n) is 12.2. The molecule has 2 rings (SSSR count). The van der Waals surface area contributed by atoms with Crippen LogP contribution in [0.3, 0.4) is 0 Å². The van der Waals surface area contributed by atoms with E-state index in [-0.39, 0.29) is 18.4 Å². The van der Waals surface area contributed by atoms with Gasteiger partial charge in [-0.3, -0.25) is 4.79 Å². The molecule has 5 nitrogen and oxygen atoms in total. The lowest BCUT2D eigenvalue weighted by Gasteiger charge is -2.19. The van der Waals surface area contributed by atoms with Crippen LogP contribution < -0.4 is 5.32 Å².